The predicted octanol–water partition coefficient (Wildman–Crippen LogP) is 1.46. The minimum atomic E-state index is 0.115. The minimum absolute atomic E-state index is 0.115. The molecule has 1 amide bonds. The fourth-order valence-corrected chi connectivity index (χ4v) is 2.14. The van der Waals surface area contributed by atoms with E-state index in [-0.39, 0.29) is 5.91 Å². The summed E-state index contributed by atoms with van der Waals surface area (Å²) in [6.45, 7) is 6.05. The Labute approximate surface area is 119 Å². The van der Waals surface area contributed by atoms with Crippen molar-refractivity contribution in [3.8, 4) is 0 Å². The molecule has 6 nitrogen and oxygen atoms in total. The van der Waals surface area contributed by atoms with Gasteiger partial charge in [0.15, 0.2) is 0 Å². The number of aryl methyl sites for hydroxylation is 3. The molecule has 0 fully saturated rings. The van der Waals surface area contributed by atoms with Gasteiger partial charge in [-0.3, -0.25) is 14.2 Å². The Morgan fingerprint density at radius 2 is 1.95 bits per heavy atom. The summed E-state index contributed by atoms with van der Waals surface area (Å²) in [7, 11) is 1.82. The first-order chi connectivity index (χ1) is 9.61. The van der Waals surface area contributed by atoms with Gasteiger partial charge >= 0.3 is 0 Å². The zero-order valence-electron chi connectivity index (χ0n) is 12.3. The molecule has 108 valence electrons. The van der Waals surface area contributed by atoms with Gasteiger partial charge in [0, 0.05) is 44.6 Å². The molecule has 0 spiro atoms. The number of carbonyl (C=O) groups excluding carboxylic acids is 1. The van der Waals surface area contributed by atoms with E-state index in [0.29, 0.717) is 19.5 Å². The van der Waals surface area contributed by atoms with Gasteiger partial charge in [-0.2, -0.15) is 10.2 Å². The van der Waals surface area contributed by atoms with E-state index in [1.807, 2.05) is 42.4 Å². The van der Waals surface area contributed by atoms with Crippen LogP contribution in [0.3, 0.4) is 0 Å². The molecule has 0 aromatic carbocycles. The number of hydrogen-bond acceptors (Lipinski definition) is 3. The lowest BCUT2D eigenvalue weighted by atomic mass is 10.3. The summed E-state index contributed by atoms with van der Waals surface area (Å²) in [5, 5.41) is 8.39. The highest BCUT2D eigenvalue weighted by atomic mass is 16.2. The van der Waals surface area contributed by atoms with Crippen molar-refractivity contribution in [3.05, 3.63) is 35.9 Å². The summed E-state index contributed by atoms with van der Waals surface area (Å²) >= 11 is 0. The van der Waals surface area contributed by atoms with E-state index in [1.165, 1.54) is 0 Å². The number of hydrogen-bond donors (Lipinski definition) is 0. The van der Waals surface area contributed by atoms with Crippen LogP contribution in [0.5, 0.6) is 0 Å². The Balaban J connectivity index is 1.88. The van der Waals surface area contributed by atoms with Crippen molar-refractivity contribution in [1.82, 2.24) is 24.5 Å². The molecule has 2 rings (SSSR count). The molecule has 0 aliphatic rings. The van der Waals surface area contributed by atoms with Crippen LogP contribution in [0.15, 0.2) is 24.5 Å². The van der Waals surface area contributed by atoms with E-state index in [4.69, 9.17) is 0 Å². The molecule has 0 saturated carbocycles. The van der Waals surface area contributed by atoms with Gasteiger partial charge in [0.2, 0.25) is 5.91 Å². The predicted molar refractivity (Wildman–Crippen MR) is 76.0 cm³/mol. The van der Waals surface area contributed by atoms with Gasteiger partial charge in [-0.05, 0) is 26.0 Å². The van der Waals surface area contributed by atoms with E-state index < -0.39 is 0 Å². The molecule has 2 aromatic rings. The second kappa shape index (κ2) is 6.36. The first-order valence-corrected chi connectivity index (χ1v) is 6.85. The van der Waals surface area contributed by atoms with E-state index in [9.17, 15) is 4.79 Å². The summed E-state index contributed by atoms with van der Waals surface area (Å²) in [5.74, 6) is 0.115. The van der Waals surface area contributed by atoms with Crippen LogP contribution in [0.4, 0.5) is 0 Å². The zero-order valence-corrected chi connectivity index (χ0v) is 12.3. The molecule has 0 aliphatic carbocycles. The third-order valence-corrected chi connectivity index (χ3v) is 3.40. The van der Waals surface area contributed by atoms with Crippen LogP contribution in [0.25, 0.3) is 0 Å². The number of aromatic nitrogens is 4. The van der Waals surface area contributed by atoms with Crippen molar-refractivity contribution in [1.29, 1.82) is 0 Å². The molecule has 6 heteroatoms. The molecule has 0 bridgehead atoms. The van der Waals surface area contributed by atoms with Crippen LogP contribution in [0.1, 0.15) is 24.7 Å². The molecule has 0 atom stereocenters. The zero-order chi connectivity index (χ0) is 14.5. The van der Waals surface area contributed by atoms with Gasteiger partial charge in [0.25, 0.3) is 0 Å². The highest BCUT2D eigenvalue weighted by Crippen LogP contribution is 2.05. The van der Waals surface area contributed by atoms with Crippen molar-refractivity contribution < 1.29 is 4.79 Å². The van der Waals surface area contributed by atoms with Crippen LogP contribution in [0, 0.1) is 6.92 Å². The maximum atomic E-state index is 12.1. The molecular formula is C14H21N5O. The maximum absolute atomic E-state index is 12.1. The van der Waals surface area contributed by atoms with Crippen LogP contribution >= 0.6 is 0 Å². The highest BCUT2D eigenvalue weighted by molar-refractivity contribution is 5.75. The molecule has 0 saturated heterocycles. The molecule has 0 N–H and O–H groups in total. The van der Waals surface area contributed by atoms with Gasteiger partial charge in [0.1, 0.15) is 0 Å². The lowest BCUT2D eigenvalue weighted by Gasteiger charge is -2.18. The molecule has 0 aliphatic heterocycles. The van der Waals surface area contributed by atoms with Gasteiger partial charge in [-0.15, -0.1) is 0 Å². The lowest BCUT2D eigenvalue weighted by molar-refractivity contribution is -0.130. The molecular weight excluding hydrogens is 254 g/mol. The van der Waals surface area contributed by atoms with Crippen LogP contribution in [-0.2, 0) is 24.4 Å². The summed E-state index contributed by atoms with van der Waals surface area (Å²) in [6.07, 6.45) is 3.98. The monoisotopic (exact) mass is 275 g/mol. The fourth-order valence-electron chi connectivity index (χ4n) is 2.14. The topological polar surface area (TPSA) is 56.0 Å². The minimum Gasteiger partial charge on any atom is -0.340 e. The van der Waals surface area contributed by atoms with Crippen LogP contribution < -0.4 is 0 Å². The van der Waals surface area contributed by atoms with E-state index >= 15 is 0 Å². The normalized spacial score (nSPS) is 10.8. The molecule has 2 heterocycles. The smallest absolute Gasteiger partial charge is 0.224 e. The summed E-state index contributed by atoms with van der Waals surface area (Å²) < 4.78 is 3.75. The van der Waals surface area contributed by atoms with Crippen LogP contribution in [0.2, 0.25) is 0 Å². The number of nitrogens with zero attached hydrogens (tertiary/aromatic N) is 5. The Morgan fingerprint density at radius 1 is 1.25 bits per heavy atom. The lowest BCUT2D eigenvalue weighted by Crippen LogP contribution is -2.28. The Hall–Kier alpha value is -2.11. The standard InChI is InChI=1S/C14H21N5O/c1-4-18-13(6-9-15-18)11-17(3)14(20)7-10-19-12(2)5-8-16-19/h5-6,8-9H,4,7,10-11H2,1-3H3. The maximum Gasteiger partial charge on any atom is 0.224 e. The highest BCUT2D eigenvalue weighted by Gasteiger charge is 2.12. The van der Waals surface area contributed by atoms with Crippen LogP contribution in [-0.4, -0.2) is 37.4 Å². The Kier molecular flexibility index (Phi) is 4.55. The molecule has 0 radical (unpaired) electrons. The van der Waals surface area contributed by atoms with Gasteiger partial charge in [0.05, 0.1) is 12.2 Å². The number of rotatable bonds is 6. The van der Waals surface area contributed by atoms with Crippen molar-refractivity contribution >= 4 is 5.91 Å². The molecule has 2 aromatic heterocycles. The van der Waals surface area contributed by atoms with Crippen molar-refractivity contribution in [3.63, 3.8) is 0 Å². The Morgan fingerprint density at radius 3 is 2.60 bits per heavy atom. The third-order valence-electron chi connectivity index (χ3n) is 3.40. The van der Waals surface area contributed by atoms with Gasteiger partial charge < -0.3 is 4.90 Å². The first kappa shape index (κ1) is 14.3. The van der Waals surface area contributed by atoms with Crippen molar-refractivity contribution in [2.75, 3.05) is 7.05 Å². The van der Waals surface area contributed by atoms with Crippen molar-refractivity contribution in [2.45, 2.75) is 39.9 Å². The fraction of sp³-hybridized carbons (Fsp3) is 0.500. The van der Waals surface area contributed by atoms with Crippen molar-refractivity contribution in [2.24, 2.45) is 0 Å². The van der Waals surface area contributed by atoms with E-state index in [1.54, 1.807) is 17.3 Å². The Bertz CT molecular complexity index is 572. The quantitative estimate of drug-likeness (QED) is 0.802. The summed E-state index contributed by atoms with van der Waals surface area (Å²) in [4.78, 5) is 13.9. The summed E-state index contributed by atoms with van der Waals surface area (Å²) in [6, 6.07) is 3.89. The second-order valence-electron chi connectivity index (χ2n) is 4.83. The first-order valence-electron chi connectivity index (χ1n) is 6.85. The average Bonchev–Trinajstić information content (AvgIpc) is 3.04. The summed E-state index contributed by atoms with van der Waals surface area (Å²) in [5.41, 5.74) is 2.13. The van der Waals surface area contributed by atoms with Gasteiger partial charge in [-0.1, -0.05) is 0 Å². The molecule has 0 unspecified atom stereocenters. The van der Waals surface area contributed by atoms with E-state index in [2.05, 4.69) is 10.2 Å². The molecule has 20 heavy (non-hydrogen) atoms. The SMILES string of the molecule is CCn1nccc1CN(C)C(=O)CCn1nccc1C. The number of carbonyl (C=O) groups is 1. The van der Waals surface area contributed by atoms with Gasteiger partial charge in [-0.25, -0.2) is 0 Å². The third kappa shape index (κ3) is 3.26. The van der Waals surface area contributed by atoms with E-state index in [0.717, 1.165) is 17.9 Å². The average molecular weight is 275 g/mol. The number of amides is 1. The second-order valence-corrected chi connectivity index (χ2v) is 4.83. The largest absolute Gasteiger partial charge is 0.340 e.